The first-order valence-electron chi connectivity index (χ1n) is 11.3. The van der Waals surface area contributed by atoms with Crippen LogP contribution in [0.25, 0.3) is 44.2 Å². The first kappa shape index (κ1) is 11.7. The smallest absolute Gasteiger partial charge is 0.228 e. The van der Waals surface area contributed by atoms with Crippen LogP contribution >= 0.6 is 0 Å². The summed E-state index contributed by atoms with van der Waals surface area (Å²) in [6.45, 7) is 3.21. The highest BCUT2D eigenvalue weighted by Crippen LogP contribution is 2.40. The van der Waals surface area contributed by atoms with Gasteiger partial charge in [0.05, 0.1) is 22.0 Å². The molecule has 0 radical (unpaired) electrons. The Bertz CT molecular complexity index is 1480. The Kier molecular flexibility index (Phi) is 2.37. The quantitative estimate of drug-likeness (QED) is 0.366. The second-order valence-corrected chi connectivity index (χ2v) is 7.78. The van der Waals surface area contributed by atoms with E-state index >= 15 is 0 Å². The molecule has 1 aromatic carbocycles. The Morgan fingerprint density at radius 1 is 1.11 bits per heavy atom. The molecule has 0 atom stereocenters. The van der Waals surface area contributed by atoms with E-state index in [4.69, 9.17) is 11.3 Å². The Morgan fingerprint density at radius 3 is 2.81 bits per heavy atom. The van der Waals surface area contributed by atoms with Crippen molar-refractivity contribution in [1.82, 2.24) is 15.0 Å². The number of rotatable bonds is 2. The van der Waals surface area contributed by atoms with Crippen molar-refractivity contribution in [3.05, 3.63) is 54.0 Å². The summed E-state index contributed by atoms with van der Waals surface area (Å²) in [5.74, 6) is 0. The van der Waals surface area contributed by atoms with Crippen LogP contribution in [0.3, 0.4) is 0 Å². The molecule has 0 saturated carbocycles. The summed E-state index contributed by atoms with van der Waals surface area (Å²) >= 11 is 0. The van der Waals surface area contributed by atoms with E-state index in [1.165, 1.54) is 6.07 Å². The Labute approximate surface area is 164 Å². The molecular formula is C23H21N3O. The van der Waals surface area contributed by atoms with Crippen LogP contribution in [0, 0.1) is 12.3 Å². The van der Waals surface area contributed by atoms with Gasteiger partial charge in [-0.05, 0) is 54.5 Å². The third-order valence-corrected chi connectivity index (χ3v) is 4.50. The molecule has 4 heteroatoms. The first-order valence-corrected chi connectivity index (χ1v) is 8.80. The third kappa shape index (κ3) is 2.64. The van der Waals surface area contributed by atoms with Gasteiger partial charge in [-0.2, -0.15) is 0 Å². The number of nitrogens with zero attached hydrogens (tertiary/aromatic N) is 3. The van der Waals surface area contributed by atoms with Gasteiger partial charge in [0, 0.05) is 35.9 Å². The molecule has 0 bridgehead atoms. The Hall–Kier alpha value is -3.01. The third-order valence-electron chi connectivity index (χ3n) is 4.50. The summed E-state index contributed by atoms with van der Waals surface area (Å²) in [7, 11) is 0. The maximum absolute atomic E-state index is 8.62. The molecule has 4 heterocycles. The second kappa shape index (κ2) is 5.49. The molecule has 4 aromatic heterocycles. The van der Waals surface area contributed by atoms with Crippen molar-refractivity contribution in [2.75, 3.05) is 0 Å². The zero-order chi connectivity index (χ0) is 23.1. The molecule has 0 N–H and O–H groups in total. The highest BCUT2D eigenvalue weighted by Gasteiger charge is 2.20. The van der Waals surface area contributed by atoms with E-state index in [-0.39, 0.29) is 11.4 Å². The minimum absolute atomic E-state index is 0.0472. The summed E-state index contributed by atoms with van der Waals surface area (Å²) < 4.78 is 46.5. The zero-order valence-corrected chi connectivity index (χ0v) is 15.3. The molecule has 5 rings (SSSR count). The standard InChI is InChI=1S/C23H21N3O/c1-13-9-15-12-25-17-6-5-16(21-20(17)19(15)22(26-13)27-21)18-10-14(7-8-24-18)11-23(2,3)4/h5-10,12H,11H2,1-4H3/i1D3,11D2. The van der Waals surface area contributed by atoms with E-state index in [9.17, 15) is 0 Å². The summed E-state index contributed by atoms with van der Waals surface area (Å²) in [5.41, 5.74) is 2.56. The lowest BCUT2D eigenvalue weighted by atomic mass is 9.88. The average Bonchev–Trinajstić information content (AvgIpc) is 3.11. The van der Waals surface area contributed by atoms with Crippen molar-refractivity contribution in [2.45, 2.75) is 34.0 Å². The van der Waals surface area contributed by atoms with E-state index in [0.717, 1.165) is 10.8 Å². The number of furan rings is 1. The SMILES string of the molecule is [2H]C([2H])([2H])c1cc2cnc3ccc(-c4cc(C([2H])([2H])C(C)(C)C)ccn4)c4oc(n1)c2c34. The van der Waals surface area contributed by atoms with Crippen LogP contribution in [-0.2, 0) is 6.37 Å². The van der Waals surface area contributed by atoms with Crippen LogP contribution in [0.4, 0.5) is 0 Å². The maximum Gasteiger partial charge on any atom is 0.228 e. The highest BCUT2D eigenvalue weighted by atomic mass is 16.3. The van der Waals surface area contributed by atoms with Crippen molar-refractivity contribution in [2.24, 2.45) is 5.41 Å². The summed E-state index contributed by atoms with van der Waals surface area (Å²) in [4.78, 5) is 13.2. The van der Waals surface area contributed by atoms with Gasteiger partial charge in [0.2, 0.25) is 5.71 Å². The van der Waals surface area contributed by atoms with Crippen LogP contribution in [0.1, 0.15) is 38.9 Å². The van der Waals surface area contributed by atoms with Crippen molar-refractivity contribution in [1.29, 1.82) is 0 Å². The second-order valence-electron chi connectivity index (χ2n) is 7.78. The number of hydrogen-bond donors (Lipinski definition) is 0. The van der Waals surface area contributed by atoms with E-state index in [2.05, 4.69) is 15.0 Å². The predicted molar refractivity (Wildman–Crippen MR) is 109 cm³/mol. The monoisotopic (exact) mass is 360 g/mol. The van der Waals surface area contributed by atoms with E-state index in [0.29, 0.717) is 33.3 Å². The minimum Gasteiger partial charge on any atom is -0.437 e. The van der Waals surface area contributed by atoms with E-state index in [1.54, 1.807) is 24.5 Å². The number of pyridine rings is 3. The van der Waals surface area contributed by atoms with Crippen molar-refractivity contribution in [3.63, 3.8) is 0 Å². The molecule has 0 spiro atoms. The van der Waals surface area contributed by atoms with Crippen LogP contribution < -0.4 is 0 Å². The fraction of sp³-hybridized carbons (Fsp3) is 0.261. The molecular weight excluding hydrogens is 334 g/mol. The topological polar surface area (TPSA) is 51.8 Å². The van der Waals surface area contributed by atoms with Gasteiger partial charge >= 0.3 is 0 Å². The first-order chi connectivity index (χ1) is 14.9. The number of hydrogen-bond acceptors (Lipinski definition) is 4. The lowest BCUT2D eigenvalue weighted by Crippen LogP contribution is -2.09. The van der Waals surface area contributed by atoms with Crippen molar-refractivity contribution in [3.8, 4) is 11.3 Å². The van der Waals surface area contributed by atoms with Gasteiger partial charge in [-0.1, -0.05) is 20.8 Å². The van der Waals surface area contributed by atoms with Crippen LogP contribution in [0.2, 0.25) is 0 Å². The molecule has 0 amide bonds. The van der Waals surface area contributed by atoms with E-state index < -0.39 is 18.6 Å². The maximum atomic E-state index is 8.62. The molecule has 0 aliphatic heterocycles. The summed E-state index contributed by atoms with van der Waals surface area (Å²) in [6.07, 6.45) is 1.65. The molecule has 27 heavy (non-hydrogen) atoms. The van der Waals surface area contributed by atoms with Crippen LogP contribution in [0.5, 0.6) is 0 Å². The largest absolute Gasteiger partial charge is 0.437 e. The lowest BCUT2D eigenvalue weighted by molar-refractivity contribution is 0.411. The van der Waals surface area contributed by atoms with Gasteiger partial charge in [0.15, 0.2) is 0 Å². The van der Waals surface area contributed by atoms with E-state index in [1.807, 2.05) is 32.9 Å². The number of aryl methyl sites for hydroxylation is 1. The molecule has 0 saturated heterocycles. The molecule has 0 fully saturated rings. The fourth-order valence-electron chi connectivity index (χ4n) is 3.52. The molecule has 0 aliphatic carbocycles. The number of aromatic nitrogens is 3. The fourth-order valence-corrected chi connectivity index (χ4v) is 3.52. The van der Waals surface area contributed by atoms with Gasteiger partial charge in [-0.3, -0.25) is 9.97 Å². The van der Waals surface area contributed by atoms with Gasteiger partial charge < -0.3 is 4.42 Å². The predicted octanol–water partition coefficient (Wildman–Crippen LogP) is 5.93. The highest BCUT2D eigenvalue weighted by molar-refractivity contribution is 6.21. The molecule has 5 aromatic rings. The van der Waals surface area contributed by atoms with Gasteiger partial charge in [-0.25, -0.2) is 4.98 Å². The van der Waals surface area contributed by atoms with Crippen molar-refractivity contribution < 1.29 is 11.3 Å². The van der Waals surface area contributed by atoms with Crippen molar-refractivity contribution >= 4 is 33.0 Å². The number of benzene rings is 1. The molecule has 4 nitrogen and oxygen atoms in total. The van der Waals surface area contributed by atoms with Gasteiger partial charge in [0.25, 0.3) is 0 Å². The normalized spacial score (nSPS) is 16.3. The average molecular weight is 360 g/mol. The lowest BCUT2D eigenvalue weighted by Gasteiger charge is -2.18. The van der Waals surface area contributed by atoms with Crippen LogP contribution in [0.15, 0.2) is 47.1 Å². The Balaban J connectivity index is 1.78. The Morgan fingerprint density at radius 2 is 2.00 bits per heavy atom. The van der Waals surface area contributed by atoms with Gasteiger partial charge in [-0.15, -0.1) is 0 Å². The minimum atomic E-state index is -2.37. The molecule has 0 aliphatic rings. The summed E-state index contributed by atoms with van der Waals surface area (Å²) in [6, 6.07) is 8.65. The van der Waals surface area contributed by atoms with Gasteiger partial charge in [0.1, 0.15) is 5.58 Å². The molecule has 134 valence electrons. The molecule has 0 unspecified atom stereocenters. The van der Waals surface area contributed by atoms with Crippen LogP contribution in [-0.4, -0.2) is 15.0 Å². The summed E-state index contributed by atoms with van der Waals surface area (Å²) in [5, 5.41) is 2.13. The zero-order valence-electron chi connectivity index (χ0n) is 20.3.